The number of nitriles is 1. The number of aromatic amines is 1. The lowest BCUT2D eigenvalue weighted by molar-refractivity contribution is -0.115. The van der Waals surface area contributed by atoms with Crippen LogP contribution in [0.5, 0.6) is 0 Å². The van der Waals surface area contributed by atoms with E-state index < -0.39 is 11.7 Å². The number of rotatable bonds is 2. The van der Waals surface area contributed by atoms with Crippen LogP contribution in [0.15, 0.2) is 18.3 Å². The third-order valence-electron chi connectivity index (χ3n) is 2.07. The third kappa shape index (κ3) is 1.70. The van der Waals surface area contributed by atoms with Gasteiger partial charge in [-0.2, -0.15) is 10.4 Å². The maximum absolute atomic E-state index is 13.7. The van der Waals surface area contributed by atoms with Crippen molar-refractivity contribution in [1.82, 2.24) is 10.2 Å². The SMILES string of the molecule is N#CCC(=O)Nc1ccc2[nH]ncc2c1F. The maximum Gasteiger partial charge on any atom is 0.238 e. The summed E-state index contributed by atoms with van der Waals surface area (Å²) < 4.78 is 13.7. The lowest BCUT2D eigenvalue weighted by Crippen LogP contribution is -2.11. The minimum absolute atomic E-state index is 0.0501. The molecule has 0 saturated carbocycles. The third-order valence-corrected chi connectivity index (χ3v) is 2.07. The zero-order chi connectivity index (χ0) is 11.5. The van der Waals surface area contributed by atoms with Gasteiger partial charge in [0.05, 0.1) is 28.9 Å². The van der Waals surface area contributed by atoms with Gasteiger partial charge in [-0.1, -0.05) is 0 Å². The van der Waals surface area contributed by atoms with Crippen molar-refractivity contribution in [3.05, 3.63) is 24.1 Å². The van der Waals surface area contributed by atoms with Gasteiger partial charge in [0.15, 0.2) is 5.82 Å². The smallest absolute Gasteiger partial charge is 0.238 e. The molecule has 2 rings (SSSR count). The van der Waals surface area contributed by atoms with Gasteiger partial charge in [-0.3, -0.25) is 9.89 Å². The highest BCUT2D eigenvalue weighted by atomic mass is 19.1. The van der Waals surface area contributed by atoms with E-state index in [4.69, 9.17) is 5.26 Å². The number of halogens is 1. The Morgan fingerprint density at radius 1 is 1.62 bits per heavy atom. The molecule has 1 amide bonds. The van der Waals surface area contributed by atoms with Crippen molar-refractivity contribution in [2.45, 2.75) is 6.42 Å². The number of fused-ring (bicyclic) bond motifs is 1. The molecular formula is C10H7FN4O. The number of hydrogen-bond acceptors (Lipinski definition) is 3. The van der Waals surface area contributed by atoms with Gasteiger partial charge in [-0.05, 0) is 12.1 Å². The van der Waals surface area contributed by atoms with E-state index in [1.54, 1.807) is 12.1 Å². The number of hydrogen-bond donors (Lipinski definition) is 2. The van der Waals surface area contributed by atoms with Gasteiger partial charge >= 0.3 is 0 Å². The van der Waals surface area contributed by atoms with Gasteiger partial charge in [-0.15, -0.1) is 0 Å². The van der Waals surface area contributed by atoms with E-state index in [2.05, 4.69) is 15.5 Å². The van der Waals surface area contributed by atoms with Crippen LogP contribution in [0.1, 0.15) is 6.42 Å². The molecular weight excluding hydrogens is 211 g/mol. The lowest BCUT2D eigenvalue weighted by atomic mass is 10.2. The van der Waals surface area contributed by atoms with E-state index in [1.165, 1.54) is 12.3 Å². The second kappa shape index (κ2) is 3.98. The van der Waals surface area contributed by atoms with Crippen molar-refractivity contribution in [2.75, 3.05) is 5.32 Å². The highest BCUT2D eigenvalue weighted by Crippen LogP contribution is 2.22. The van der Waals surface area contributed by atoms with Crippen LogP contribution in [-0.2, 0) is 4.79 Å². The predicted octanol–water partition coefficient (Wildman–Crippen LogP) is 1.55. The Morgan fingerprint density at radius 2 is 2.44 bits per heavy atom. The second-order valence-electron chi connectivity index (χ2n) is 3.14. The quantitative estimate of drug-likeness (QED) is 0.802. The van der Waals surface area contributed by atoms with Crippen LogP contribution in [0, 0.1) is 17.1 Å². The molecule has 2 aromatic rings. The van der Waals surface area contributed by atoms with E-state index in [0.717, 1.165) is 0 Å². The largest absolute Gasteiger partial charge is 0.323 e. The highest BCUT2D eigenvalue weighted by Gasteiger charge is 2.10. The van der Waals surface area contributed by atoms with Crippen molar-refractivity contribution in [3.8, 4) is 6.07 Å². The Morgan fingerprint density at radius 3 is 3.19 bits per heavy atom. The number of benzene rings is 1. The molecule has 0 aliphatic rings. The fourth-order valence-corrected chi connectivity index (χ4v) is 1.35. The van der Waals surface area contributed by atoms with Crippen LogP contribution in [0.3, 0.4) is 0 Å². The minimum atomic E-state index is -0.558. The first kappa shape index (κ1) is 10.1. The molecule has 0 radical (unpaired) electrons. The number of anilines is 1. The molecule has 0 bridgehead atoms. The molecule has 0 atom stereocenters. The number of carbonyl (C=O) groups is 1. The number of nitrogens with one attached hydrogen (secondary N) is 2. The molecule has 2 N–H and O–H groups in total. The van der Waals surface area contributed by atoms with Crippen molar-refractivity contribution in [3.63, 3.8) is 0 Å². The summed E-state index contributed by atoms with van der Waals surface area (Å²) in [5.74, 6) is -1.10. The van der Waals surface area contributed by atoms with E-state index in [0.29, 0.717) is 10.9 Å². The summed E-state index contributed by atoms with van der Waals surface area (Å²) >= 11 is 0. The average Bonchev–Trinajstić information content (AvgIpc) is 2.71. The van der Waals surface area contributed by atoms with E-state index in [1.807, 2.05) is 0 Å². The number of nitrogens with zero attached hydrogens (tertiary/aromatic N) is 2. The molecule has 16 heavy (non-hydrogen) atoms. The van der Waals surface area contributed by atoms with Crippen LogP contribution in [-0.4, -0.2) is 16.1 Å². The predicted molar refractivity (Wildman–Crippen MR) is 54.9 cm³/mol. The fourth-order valence-electron chi connectivity index (χ4n) is 1.35. The Labute approximate surface area is 89.9 Å². The van der Waals surface area contributed by atoms with Crippen LogP contribution < -0.4 is 5.32 Å². The standard InChI is InChI=1S/C10H7FN4O/c11-10-6-5-13-15-7(6)1-2-8(10)14-9(16)3-4-12/h1-2,5H,3H2,(H,13,15)(H,14,16). The molecule has 1 aromatic heterocycles. The van der Waals surface area contributed by atoms with Crippen molar-refractivity contribution >= 4 is 22.5 Å². The summed E-state index contributed by atoms with van der Waals surface area (Å²) in [5.41, 5.74) is 0.602. The molecule has 0 saturated heterocycles. The lowest BCUT2D eigenvalue weighted by Gasteiger charge is -2.04. The molecule has 0 aliphatic heterocycles. The first-order valence-corrected chi connectivity index (χ1v) is 4.50. The molecule has 0 aliphatic carbocycles. The van der Waals surface area contributed by atoms with E-state index in [9.17, 15) is 9.18 Å². The first-order valence-electron chi connectivity index (χ1n) is 4.50. The summed E-state index contributed by atoms with van der Waals surface area (Å²) in [7, 11) is 0. The summed E-state index contributed by atoms with van der Waals surface area (Å²) in [5, 5.41) is 17.2. The van der Waals surface area contributed by atoms with Crippen molar-refractivity contribution in [1.29, 1.82) is 5.26 Å². The van der Waals surface area contributed by atoms with Crippen LogP contribution >= 0.6 is 0 Å². The summed E-state index contributed by atoms with van der Waals surface area (Å²) in [6.07, 6.45) is 1.04. The molecule has 6 heteroatoms. The van der Waals surface area contributed by atoms with Crippen LogP contribution in [0.4, 0.5) is 10.1 Å². The summed E-state index contributed by atoms with van der Waals surface area (Å²) in [6, 6.07) is 4.71. The van der Waals surface area contributed by atoms with Gasteiger partial charge in [0.1, 0.15) is 6.42 Å². The molecule has 0 fully saturated rings. The minimum Gasteiger partial charge on any atom is -0.323 e. The molecule has 0 unspecified atom stereocenters. The van der Waals surface area contributed by atoms with Crippen molar-refractivity contribution in [2.24, 2.45) is 0 Å². The highest BCUT2D eigenvalue weighted by molar-refractivity contribution is 5.94. The van der Waals surface area contributed by atoms with Crippen molar-refractivity contribution < 1.29 is 9.18 Å². The zero-order valence-electron chi connectivity index (χ0n) is 8.12. The zero-order valence-corrected chi connectivity index (χ0v) is 8.12. The molecule has 0 spiro atoms. The van der Waals surface area contributed by atoms with E-state index >= 15 is 0 Å². The maximum atomic E-state index is 13.7. The summed E-state index contributed by atoms with van der Waals surface area (Å²) in [6.45, 7) is 0. The van der Waals surface area contributed by atoms with Gasteiger partial charge in [0.25, 0.3) is 0 Å². The van der Waals surface area contributed by atoms with E-state index in [-0.39, 0.29) is 12.1 Å². The number of amides is 1. The first-order chi connectivity index (χ1) is 7.72. The molecule has 1 heterocycles. The monoisotopic (exact) mass is 218 g/mol. The normalized spacial score (nSPS) is 10.0. The Bertz CT molecular complexity index is 584. The number of aromatic nitrogens is 2. The number of H-pyrrole nitrogens is 1. The molecule has 1 aromatic carbocycles. The van der Waals surface area contributed by atoms with Crippen LogP contribution in [0.2, 0.25) is 0 Å². The van der Waals surface area contributed by atoms with Gasteiger partial charge in [0.2, 0.25) is 5.91 Å². The summed E-state index contributed by atoms with van der Waals surface area (Å²) in [4.78, 5) is 11.1. The van der Waals surface area contributed by atoms with Gasteiger partial charge in [-0.25, -0.2) is 4.39 Å². The Kier molecular flexibility index (Phi) is 2.52. The molecule has 80 valence electrons. The number of carbonyl (C=O) groups excluding carboxylic acids is 1. The van der Waals surface area contributed by atoms with Gasteiger partial charge < -0.3 is 5.32 Å². The average molecular weight is 218 g/mol. The van der Waals surface area contributed by atoms with Gasteiger partial charge in [0, 0.05) is 0 Å². The topological polar surface area (TPSA) is 81.6 Å². The second-order valence-corrected chi connectivity index (χ2v) is 3.14. The molecule has 5 nitrogen and oxygen atoms in total. The fraction of sp³-hybridized carbons (Fsp3) is 0.100. The Balaban J connectivity index is 2.35. The van der Waals surface area contributed by atoms with Crippen LogP contribution in [0.25, 0.3) is 10.9 Å². The Hall–Kier alpha value is -2.42.